The molecule has 138 valence electrons. The fourth-order valence-corrected chi connectivity index (χ4v) is 3.80. The second kappa shape index (κ2) is 7.32. The van der Waals surface area contributed by atoms with Crippen molar-refractivity contribution in [2.45, 2.75) is 5.16 Å². The van der Waals surface area contributed by atoms with E-state index in [2.05, 4.69) is 10.2 Å². The highest BCUT2D eigenvalue weighted by molar-refractivity contribution is 7.99. The van der Waals surface area contributed by atoms with Crippen LogP contribution in [0.3, 0.4) is 0 Å². The van der Waals surface area contributed by atoms with Crippen LogP contribution in [-0.4, -0.2) is 47.7 Å². The van der Waals surface area contributed by atoms with Crippen molar-refractivity contribution in [2.75, 3.05) is 27.1 Å². The highest BCUT2D eigenvalue weighted by atomic mass is 32.2. The summed E-state index contributed by atoms with van der Waals surface area (Å²) in [5, 5.41) is 14.2. The quantitative estimate of drug-likeness (QED) is 0.674. The lowest BCUT2D eigenvalue weighted by Crippen LogP contribution is -2.16. The third-order valence-electron chi connectivity index (χ3n) is 4.24. The molecule has 1 aromatic heterocycles. The zero-order valence-corrected chi connectivity index (χ0v) is 16.0. The number of nitrogens with zero attached hydrogens (tertiary/aromatic N) is 4. The van der Waals surface area contributed by atoms with Gasteiger partial charge in [-0.05, 0) is 24.3 Å². The van der Waals surface area contributed by atoms with Gasteiger partial charge >= 0.3 is 0 Å². The molecule has 0 aliphatic carbocycles. The van der Waals surface area contributed by atoms with E-state index in [1.165, 1.54) is 0 Å². The third kappa shape index (κ3) is 3.02. The standard InChI is InChI=1S/C19H18N4O3S/c1-24-14-8-5-4-7-12(14)18-20-21-19-23(18)22-13(11-27-19)17-15(25-2)9-6-10-16(17)26-3/h4-10H,11H2,1-3H3. The number of fused-ring (bicyclic) bond motifs is 1. The van der Waals surface area contributed by atoms with Crippen molar-refractivity contribution in [2.24, 2.45) is 5.10 Å². The van der Waals surface area contributed by atoms with Crippen LogP contribution in [0.15, 0.2) is 52.7 Å². The van der Waals surface area contributed by atoms with Crippen LogP contribution in [0.1, 0.15) is 5.56 Å². The van der Waals surface area contributed by atoms with Gasteiger partial charge in [-0.3, -0.25) is 0 Å². The lowest BCUT2D eigenvalue weighted by Gasteiger charge is -2.18. The van der Waals surface area contributed by atoms with E-state index < -0.39 is 0 Å². The van der Waals surface area contributed by atoms with Gasteiger partial charge in [-0.1, -0.05) is 30.0 Å². The summed E-state index contributed by atoms with van der Waals surface area (Å²) in [6, 6.07) is 13.4. The Morgan fingerprint density at radius 2 is 1.52 bits per heavy atom. The molecule has 2 aromatic carbocycles. The van der Waals surface area contributed by atoms with Crippen molar-refractivity contribution in [1.82, 2.24) is 14.9 Å². The fourth-order valence-electron chi connectivity index (χ4n) is 2.98. The fraction of sp³-hybridized carbons (Fsp3) is 0.211. The molecule has 0 bridgehead atoms. The maximum Gasteiger partial charge on any atom is 0.212 e. The van der Waals surface area contributed by atoms with E-state index in [0.29, 0.717) is 23.1 Å². The Balaban J connectivity index is 1.87. The molecule has 0 saturated heterocycles. The van der Waals surface area contributed by atoms with E-state index in [1.54, 1.807) is 37.8 Å². The molecular formula is C19H18N4O3S. The largest absolute Gasteiger partial charge is 0.496 e. The first-order chi connectivity index (χ1) is 13.3. The summed E-state index contributed by atoms with van der Waals surface area (Å²) in [7, 11) is 4.91. The first-order valence-electron chi connectivity index (χ1n) is 8.27. The Hall–Kier alpha value is -3.00. The summed E-state index contributed by atoms with van der Waals surface area (Å²) in [6.45, 7) is 0. The number of ether oxygens (including phenoxy) is 3. The van der Waals surface area contributed by atoms with Gasteiger partial charge in [-0.15, -0.1) is 10.2 Å². The second-order valence-electron chi connectivity index (χ2n) is 5.69. The minimum Gasteiger partial charge on any atom is -0.496 e. The minimum absolute atomic E-state index is 0.626. The van der Waals surface area contributed by atoms with Crippen molar-refractivity contribution < 1.29 is 14.2 Å². The van der Waals surface area contributed by atoms with E-state index in [9.17, 15) is 0 Å². The minimum atomic E-state index is 0.626. The number of para-hydroxylation sites is 1. The van der Waals surface area contributed by atoms with Gasteiger partial charge in [0.2, 0.25) is 5.16 Å². The monoisotopic (exact) mass is 382 g/mol. The van der Waals surface area contributed by atoms with E-state index in [0.717, 1.165) is 27.7 Å². The molecule has 1 aliphatic rings. The Bertz CT molecular complexity index is 994. The van der Waals surface area contributed by atoms with Gasteiger partial charge < -0.3 is 14.2 Å². The molecule has 1 aliphatic heterocycles. The van der Waals surface area contributed by atoms with Gasteiger partial charge in [-0.2, -0.15) is 9.78 Å². The predicted octanol–water partition coefficient (Wildman–Crippen LogP) is 3.33. The zero-order valence-electron chi connectivity index (χ0n) is 15.2. The average molecular weight is 382 g/mol. The number of methoxy groups -OCH3 is 3. The van der Waals surface area contributed by atoms with Crippen molar-refractivity contribution in [3.63, 3.8) is 0 Å². The molecular weight excluding hydrogens is 364 g/mol. The molecule has 27 heavy (non-hydrogen) atoms. The van der Waals surface area contributed by atoms with Crippen molar-refractivity contribution >= 4 is 17.5 Å². The van der Waals surface area contributed by atoms with E-state index in [4.69, 9.17) is 19.3 Å². The molecule has 3 aromatic rings. The van der Waals surface area contributed by atoms with Gasteiger partial charge in [0, 0.05) is 5.75 Å². The Labute approximate surface area is 161 Å². The van der Waals surface area contributed by atoms with Crippen molar-refractivity contribution in [1.29, 1.82) is 0 Å². The molecule has 0 N–H and O–H groups in total. The third-order valence-corrected chi connectivity index (χ3v) is 5.17. The van der Waals surface area contributed by atoms with E-state index in [1.807, 2.05) is 42.5 Å². The number of hydrogen-bond donors (Lipinski definition) is 0. The lowest BCUT2D eigenvalue weighted by atomic mass is 10.1. The maximum atomic E-state index is 5.53. The number of thioether (sulfide) groups is 1. The van der Waals surface area contributed by atoms with Crippen LogP contribution in [0.5, 0.6) is 17.2 Å². The first kappa shape index (κ1) is 17.4. The van der Waals surface area contributed by atoms with Crippen LogP contribution in [-0.2, 0) is 0 Å². The van der Waals surface area contributed by atoms with Crippen LogP contribution in [0.4, 0.5) is 0 Å². The van der Waals surface area contributed by atoms with Crippen LogP contribution in [0.2, 0.25) is 0 Å². The molecule has 8 heteroatoms. The SMILES string of the molecule is COc1ccccc1-c1nnc2n1N=C(c1c(OC)cccc1OC)CS2. The summed E-state index contributed by atoms with van der Waals surface area (Å²) in [5.74, 6) is 3.41. The lowest BCUT2D eigenvalue weighted by molar-refractivity contribution is 0.392. The van der Waals surface area contributed by atoms with Crippen LogP contribution in [0, 0.1) is 0 Å². The highest BCUT2D eigenvalue weighted by Gasteiger charge is 2.25. The number of hydrogen-bond acceptors (Lipinski definition) is 7. The molecule has 7 nitrogen and oxygen atoms in total. The molecule has 0 unspecified atom stereocenters. The Morgan fingerprint density at radius 3 is 2.22 bits per heavy atom. The van der Waals surface area contributed by atoms with Crippen LogP contribution < -0.4 is 14.2 Å². The van der Waals surface area contributed by atoms with Crippen molar-refractivity contribution in [3.8, 4) is 28.6 Å². The topological polar surface area (TPSA) is 70.8 Å². The van der Waals surface area contributed by atoms with Crippen LogP contribution >= 0.6 is 11.8 Å². The zero-order chi connectivity index (χ0) is 18.8. The summed E-state index contributed by atoms with van der Waals surface area (Å²) in [6.07, 6.45) is 0. The highest BCUT2D eigenvalue weighted by Crippen LogP contribution is 2.36. The van der Waals surface area contributed by atoms with Gasteiger partial charge in [0.15, 0.2) is 5.82 Å². The summed E-state index contributed by atoms with van der Waals surface area (Å²) in [4.78, 5) is 0. The summed E-state index contributed by atoms with van der Waals surface area (Å²) in [5.41, 5.74) is 2.49. The molecule has 0 fully saturated rings. The molecule has 0 saturated carbocycles. The Kier molecular flexibility index (Phi) is 4.72. The molecule has 4 rings (SSSR count). The van der Waals surface area contributed by atoms with Gasteiger partial charge in [0.05, 0.1) is 38.2 Å². The predicted molar refractivity (Wildman–Crippen MR) is 104 cm³/mol. The van der Waals surface area contributed by atoms with Gasteiger partial charge in [0.25, 0.3) is 0 Å². The Morgan fingerprint density at radius 1 is 0.852 bits per heavy atom. The van der Waals surface area contributed by atoms with Gasteiger partial charge in [0.1, 0.15) is 17.2 Å². The second-order valence-corrected chi connectivity index (χ2v) is 6.63. The molecule has 0 radical (unpaired) electrons. The van der Waals surface area contributed by atoms with E-state index in [-0.39, 0.29) is 0 Å². The molecule has 0 spiro atoms. The van der Waals surface area contributed by atoms with Crippen LogP contribution in [0.25, 0.3) is 11.4 Å². The first-order valence-corrected chi connectivity index (χ1v) is 9.26. The molecule has 0 atom stereocenters. The maximum absolute atomic E-state index is 5.53. The molecule has 0 amide bonds. The summed E-state index contributed by atoms with van der Waals surface area (Å²) >= 11 is 1.57. The molecule has 2 heterocycles. The van der Waals surface area contributed by atoms with Crippen molar-refractivity contribution in [3.05, 3.63) is 48.0 Å². The smallest absolute Gasteiger partial charge is 0.212 e. The average Bonchev–Trinajstić information content (AvgIpc) is 3.15. The van der Waals surface area contributed by atoms with Gasteiger partial charge in [-0.25, -0.2) is 0 Å². The number of benzene rings is 2. The summed E-state index contributed by atoms with van der Waals surface area (Å²) < 4.78 is 18.3. The normalized spacial score (nSPS) is 12.9. The van der Waals surface area contributed by atoms with E-state index >= 15 is 0 Å². The number of aromatic nitrogens is 3. The number of rotatable bonds is 5.